The van der Waals surface area contributed by atoms with E-state index in [1.807, 2.05) is 38.1 Å². The molecule has 1 heterocycles. The third kappa shape index (κ3) is 5.13. The second-order valence-corrected chi connectivity index (χ2v) is 7.30. The number of nitrogens with zero attached hydrogens (tertiary/aromatic N) is 3. The summed E-state index contributed by atoms with van der Waals surface area (Å²) in [6.07, 6.45) is 0.174. The van der Waals surface area contributed by atoms with Gasteiger partial charge in [-0.3, -0.25) is 4.79 Å². The van der Waals surface area contributed by atoms with Crippen molar-refractivity contribution in [2.75, 3.05) is 18.1 Å². The first kappa shape index (κ1) is 21.3. The number of carbonyl (C=O) groups is 2. The highest BCUT2D eigenvalue weighted by Gasteiger charge is 2.19. The lowest BCUT2D eigenvalue weighted by Crippen LogP contribution is -2.35. The average molecular weight is 422 g/mol. The highest BCUT2D eigenvalue weighted by Crippen LogP contribution is 2.20. The number of aromatic nitrogens is 1. The lowest BCUT2D eigenvalue weighted by Gasteiger charge is -2.22. The molecule has 0 saturated heterocycles. The van der Waals surface area contributed by atoms with Crippen molar-refractivity contribution in [2.45, 2.75) is 20.3 Å². The zero-order chi connectivity index (χ0) is 21.7. The Labute approximate surface area is 179 Å². The van der Waals surface area contributed by atoms with Crippen LogP contribution in [0.2, 0.25) is 5.15 Å². The van der Waals surface area contributed by atoms with E-state index in [0.717, 1.165) is 16.5 Å². The molecular formula is C23H20ClN3O3. The van der Waals surface area contributed by atoms with Crippen LogP contribution in [0.25, 0.3) is 10.9 Å². The zero-order valence-electron chi connectivity index (χ0n) is 16.7. The molecule has 1 aromatic heterocycles. The second-order valence-electron chi connectivity index (χ2n) is 6.92. The summed E-state index contributed by atoms with van der Waals surface area (Å²) in [5.74, 6) is -1.00. The summed E-state index contributed by atoms with van der Waals surface area (Å²) in [5.41, 5.74) is 3.66. The molecule has 0 aliphatic rings. The molecule has 1 amide bonds. The van der Waals surface area contributed by atoms with Crippen molar-refractivity contribution in [1.82, 2.24) is 4.98 Å². The number of anilines is 1. The third-order valence-electron chi connectivity index (χ3n) is 4.48. The van der Waals surface area contributed by atoms with Crippen LogP contribution in [0.3, 0.4) is 0 Å². The minimum Gasteiger partial charge on any atom is -0.452 e. The van der Waals surface area contributed by atoms with Crippen molar-refractivity contribution in [3.8, 4) is 6.07 Å². The number of halogens is 1. The van der Waals surface area contributed by atoms with E-state index in [1.54, 1.807) is 30.3 Å². The molecule has 0 unspecified atom stereocenters. The van der Waals surface area contributed by atoms with E-state index in [1.165, 1.54) is 4.90 Å². The molecule has 0 saturated carbocycles. The Kier molecular flexibility index (Phi) is 6.65. The van der Waals surface area contributed by atoms with E-state index in [-0.39, 0.29) is 13.0 Å². The Balaban J connectivity index is 1.73. The van der Waals surface area contributed by atoms with Crippen LogP contribution in [0.5, 0.6) is 0 Å². The third-order valence-corrected chi connectivity index (χ3v) is 4.69. The summed E-state index contributed by atoms with van der Waals surface area (Å²) in [5, 5.41) is 10.0. The predicted molar refractivity (Wildman–Crippen MR) is 116 cm³/mol. The van der Waals surface area contributed by atoms with Gasteiger partial charge in [-0.2, -0.15) is 5.26 Å². The molecule has 0 radical (unpaired) electrons. The van der Waals surface area contributed by atoms with E-state index in [9.17, 15) is 9.59 Å². The maximum Gasteiger partial charge on any atom is 0.338 e. The van der Waals surface area contributed by atoms with Gasteiger partial charge in [0.15, 0.2) is 6.61 Å². The van der Waals surface area contributed by atoms with Gasteiger partial charge in [0.05, 0.1) is 23.6 Å². The number of ether oxygens (including phenoxy) is 1. The SMILES string of the molecule is Cc1cc(C)cc(N(CCC#N)C(=O)COC(=O)c2ccc3nc(Cl)ccc3c2)c1. The van der Waals surface area contributed by atoms with Gasteiger partial charge in [-0.15, -0.1) is 0 Å². The van der Waals surface area contributed by atoms with Gasteiger partial charge in [-0.1, -0.05) is 17.7 Å². The Morgan fingerprint density at radius 3 is 2.53 bits per heavy atom. The average Bonchev–Trinajstić information content (AvgIpc) is 2.71. The lowest BCUT2D eigenvalue weighted by atomic mass is 10.1. The first-order valence-corrected chi connectivity index (χ1v) is 9.74. The zero-order valence-corrected chi connectivity index (χ0v) is 17.4. The van der Waals surface area contributed by atoms with Gasteiger partial charge in [0, 0.05) is 17.6 Å². The molecule has 3 aromatic rings. The van der Waals surface area contributed by atoms with E-state index < -0.39 is 18.5 Å². The van der Waals surface area contributed by atoms with Crippen LogP contribution in [0.4, 0.5) is 5.69 Å². The van der Waals surface area contributed by atoms with Crippen LogP contribution in [-0.4, -0.2) is 30.0 Å². The van der Waals surface area contributed by atoms with Crippen LogP contribution < -0.4 is 4.90 Å². The van der Waals surface area contributed by atoms with Crippen LogP contribution in [0.1, 0.15) is 27.9 Å². The van der Waals surface area contributed by atoms with Crippen molar-refractivity contribution in [3.05, 3.63) is 70.4 Å². The predicted octanol–water partition coefficient (Wildman–Crippen LogP) is 4.61. The summed E-state index contributed by atoms with van der Waals surface area (Å²) in [6.45, 7) is 3.67. The molecule has 6 nitrogen and oxygen atoms in total. The van der Waals surface area contributed by atoms with Crippen molar-refractivity contribution in [1.29, 1.82) is 5.26 Å². The molecule has 0 aliphatic heterocycles. The number of rotatable bonds is 6. The van der Waals surface area contributed by atoms with Crippen molar-refractivity contribution in [2.24, 2.45) is 0 Å². The van der Waals surface area contributed by atoms with E-state index in [0.29, 0.717) is 21.9 Å². The molecule has 30 heavy (non-hydrogen) atoms. The number of aryl methyl sites for hydroxylation is 2. The minimum absolute atomic E-state index is 0.174. The Bertz CT molecular complexity index is 1130. The second kappa shape index (κ2) is 9.38. The molecule has 0 bridgehead atoms. The van der Waals surface area contributed by atoms with Gasteiger partial charge >= 0.3 is 5.97 Å². The number of hydrogen-bond acceptors (Lipinski definition) is 5. The fraction of sp³-hybridized carbons (Fsp3) is 0.217. The first-order valence-electron chi connectivity index (χ1n) is 9.36. The highest BCUT2D eigenvalue weighted by molar-refractivity contribution is 6.29. The number of pyridine rings is 1. The summed E-state index contributed by atoms with van der Waals surface area (Å²) in [4.78, 5) is 30.9. The van der Waals surface area contributed by atoms with Crippen LogP contribution in [0, 0.1) is 25.2 Å². The summed E-state index contributed by atoms with van der Waals surface area (Å²) in [7, 11) is 0. The van der Waals surface area contributed by atoms with E-state index in [2.05, 4.69) is 4.98 Å². The first-order chi connectivity index (χ1) is 14.4. The Hall–Kier alpha value is -3.43. The smallest absolute Gasteiger partial charge is 0.338 e. The Morgan fingerprint density at radius 2 is 1.83 bits per heavy atom. The molecule has 152 valence electrons. The molecule has 3 rings (SSSR count). The van der Waals surface area contributed by atoms with Crippen molar-refractivity contribution in [3.63, 3.8) is 0 Å². The van der Waals surface area contributed by atoms with Gasteiger partial charge in [0.25, 0.3) is 5.91 Å². The molecule has 7 heteroatoms. The van der Waals surface area contributed by atoms with Gasteiger partial charge in [0.2, 0.25) is 0 Å². The maximum atomic E-state index is 12.8. The lowest BCUT2D eigenvalue weighted by molar-refractivity contribution is -0.121. The number of amides is 1. The van der Waals surface area contributed by atoms with Crippen LogP contribution in [-0.2, 0) is 9.53 Å². The quantitative estimate of drug-likeness (QED) is 0.428. The maximum absolute atomic E-state index is 12.8. The summed E-state index contributed by atoms with van der Waals surface area (Å²) in [6, 6.07) is 16.1. The molecule has 0 N–H and O–H groups in total. The van der Waals surface area contributed by atoms with Crippen molar-refractivity contribution >= 4 is 40.1 Å². The summed E-state index contributed by atoms with van der Waals surface area (Å²) < 4.78 is 5.25. The highest BCUT2D eigenvalue weighted by atomic mass is 35.5. The topological polar surface area (TPSA) is 83.3 Å². The number of esters is 1. The molecule has 0 spiro atoms. The summed E-state index contributed by atoms with van der Waals surface area (Å²) >= 11 is 5.88. The standard InChI is InChI=1S/C23H20ClN3O3/c1-15-10-16(2)12-19(11-15)27(9-3-8-25)22(28)14-30-23(29)18-4-6-20-17(13-18)5-7-21(24)26-20/h4-7,10-13H,3,9,14H2,1-2H3. The van der Waals surface area contributed by atoms with Crippen molar-refractivity contribution < 1.29 is 14.3 Å². The molecule has 2 aromatic carbocycles. The number of benzene rings is 2. The van der Waals surface area contributed by atoms with Crippen LogP contribution >= 0.6 is 11.6 Å². The molecule has 0 fully saturated rings. The number of nitriles is 1. The van der Waals surface area contributed by atoms with E-state index >= 15 is 0 Å². The molecule has 0 atom stereocenters. The van der Waals surface area contributed by atoms with Gasteiger partial charge in [0.1, 0.15) is 5.15 Å². The normalized spacial score (nSPS) is 10.5. The minimum atomic E-state index is -0.610. The number of fused-ring (bicyclic) bond motifs is 1. The monoisotopic (exact) mass is 421 g/mol. The number of carbonyl (C=O) groups excluding carboxylic acids is 2. The fourth-order valence-electron chi connectivity index (χ4n) is 3.18. The Morgan fingerprint density at radius 1 is 1.10 bits per heavy atom. The van der Waals surface area contributed by atoms with Gasteiger partial charge < -0.3 is 9.64 Å². The van der Waals surface area contributed by atoms with E-state index in [4.69, 9.17) is 21.6 Å². The molecule has 0 aliphatic carbocycles. The van der Waals surface area contributed by atoms with Crippen LogP contribution in [0.15, 0.2) is 48.5 Å². The largest absolute Gasteiger partial charge is 0.452 e. The number of hydrogen-bond donors (Lipinski definition) is 0. The van der Waals surface area contributed by atoms with Gasteiger partial charge in [-0.05, 0) is 67.4 Å². The fourth-order valence-corrected chi connectivity index (χ4v) is 3.34. The molecular weight excluding hydrogens is 402 g/mol. The van der Waals surface area contributed by atoms with Gasteiger partial charge in [-0.25, -0.2) is 9.78 Å².